The molecule has 0 radical (unpaired) electrons. The fourth-order valence-electron chi connectivity index (χ4n) is 2.72. The quantitative estimate of drug-likeness (QED) is 0.269. The molecule has 1 amide bonds. The standard InChI is InChI=1S/C23H17N3O4/c24-15-19(17-8-6-11-21(14-17)26(28)29)13-18-7-4-5-12-22(18)30-16-23(27)25-20-9-2-1-3-10-20/h1-14H,16H2,(H,25,27)/b19-13-. The first-order valence-corrected chi connectivity index (χ1v) is 9.00. The number of non-ortho nitro benzene ring substituents is 1. The lowest BCUT2D eigenvalue weighted by Crippen LogP contribution is -2.20. The number of nitro benzene ring substituents is 1. The van der Waals surface area contributed by atoms with Crippen LogP contribution in [0.3, 0.4) is 0 Å². The molecule has 1 N–H and O–H groups in total. The number of rotatable bonds is 7. The Morgan fingerprint density at radius 3 is 2.53 bits per heavy atom. The first kappa shape index (κ1) is 20.3. The number of carbonyl (C=O) groups is 1. The molecule has 0 bridgehead atoms. The molecule has 3 aromatic rings. The van der Waals surface area contributed by atoms with Gasteiger partial charge in [0.2, 0.25) is 0 Å². The average Bonchev–Trinajstić information content (AvgIpc) is 2.77. The molecule has 0 saturated carbocycles. The van der Waals surface area contributed by atoms with Crippen LogP contribution in [-0.4, -0.2) is 17.4 Å². The van der Waals surface area contributed by atoms with Crippen molar-refractivity contribution < 1.29 is 14.5 Å². The first-order valence-electron chi connectivity index (χ1n) is 9.00. The van der Waals surface area contributed by atoms with E-state index in [2.05, 4.69) is 11.4 Å². The smallest absolute Gasteiger partial charge is 0.270 e. The highest BCUT2D eigenvalue weighted by molar-refractivity contribution is 5.93. The Labute approximate surface area is 173 Å². The molecular weight excluding hydrogens is 382 g/mol. The molecule has 30 heavy (non-hydrogen) atoms. The number of amides is 1. The van der Waals surface area contributed by atoms with Crippen LogP contribution in [0, 0.1) is 21.4 Å². The predicted molar refractivity (Wildman–Crippen MR) is 114 cm³/mol. The first-order chi connectivity index (χ1) is 14.6. The molecular formula is C23H17N3O4. The molecule has 3 rings (SSSR count). The largest absolute Gasteiger partial charge is 0.483 e. The van der Waals surface area contributed by atoms with E-state index < -0.39 is 4.92 Å². The third-order valence-electron chi connectivity index (χ3n) is 4.12. The van der Waals surface area contributed by atoms with Crippen LogP contribution in [0.5, 0.6) is 5.75 Å². The van der Waals surface area contributed by atoms with Crippen molar-refractivity contribution in [2.75, 3.05) is 11.9 Å². The summed E-state index contributed by atoms with van der Waals surface area (Å²) in [6, 6.07) is 23.9. The molecule has 0 aliphatic carbocycles. The van der Waals surface area contributed by atoms with Crippen LogP contribution in [0.2, 0.25) is 0 Å². The summed E-state index contributed by atoms with van der Waals surface area (Å²) in [5.74, 6) is 0.0954. The lowest BCUT2D eigenvalue weighted by Gasteiger charge is -2.10. The third-order valence-corrected chi connectivity index (χ3v) is 4.12. The van der Waals surface area contributed by atoms with E-state index in [1.54, 1.807) is 48.5 Å². The molecule has 3 aromatic carbocycles. The minimum atomic E-state index is -0.513. The maximum Gasteiger partial charge on any atom is 0.270 e. The second-order valence-electron chi connectivity index (χ2n) is 6.22. The number of nitrogens with one attached hydrogen (secondary N) is 1. The van der Waals surface area contributed by atoms with E-state index in [-0.39, 0.29) is 23.8 Å². The van der Waals surface area contributed by atoms with Crippen molar-refractivity contribution in [1.29, 1.82) is 5.26 Å². The van der Waals surface area contributed by atoms with Gasteiger partial charge in [-0.3, -0.25) is 14.9 Å². The van der Waals surface area contributed by atoms with Crippen LogP contribution in [0.25, 0.3) is 11.6 Å². The maximum absolute atomic E-state index is 12.1. The number of allylic oxidation sites excluding steroid dienone is 1. The lowest BCUT2D eigenvalue weighted by molar-refractivity contribution is -0.384. The van der Waals surface area contributed by atoms with Crippen LogP contribution in [-0.2, 0) is 4.79 Å². The molecule has 0 aliphatic rings. The number of carbonyl (C=O) groups excluding carboxylic acids is 1. The van der Waals surface area contributed by atoms with E-state index in [0.717, 1.165) is 0 Å². The summed E-state index contributed by atoms with van der Waals surface area (Å²) in [7, 11) is 0. The summed E-state index contributed by atoms with van der Waals surface area (Å²) in [6.45, 7) is -0.210. The molecule has 7 nitrogen and oxygen atoms in total. The number of nitrogens with zero attached hydrogens (tertiary/aromatic N) is 2. The zero-order chi connectivity index (χ0) is 21.3. The second-order valence-corrected chi connectivity index (χ2v) is 6.22. The van der Waals surface area contributed by atoms with E-state index in [4.69, 9.17) is 4.74 Å². The van der Waals surface area contributed by atoms with Crippen LogP contribution in [0.15, 0.2) is 78.9 Å². The monoisotopic (exact) mass is 399 g/mol. The second kappa shape index (κ2) is 9.66. The molecule has 0 atom stereocenters. The van der Waals surface area contributed by atoms with Crippen LogP contribution in [0.4, 0.5) is 11.4 Å². The number of ether oxygens (including phenoxy) is 1. The zero-order valence-electron chi connectivity index (χ0n) is 15.8. The van der Waals surface area contributed by atoms with Crippen molar-refractivity contribution in [2.45, 2.75) is 0 Å². The number of benzene rings is 3. The summed E-state index contributed by atoms with van der Waals surface area (Å²) in [5, 5.41) is 23.3. The van der Waals surface area contributed by atoms with Gasteiger partial charge in [-0.05, 0) is 29.8 Å². The fraction of sp³-hybridized carbons (Fsp3) is 0.0435. The van der Waals surface area contributed by atoms with Gasteiger partial charge < -0.3 is 10.1 Å². The number of anilines is 1. The Bertz CT molecular complexity index is 1130. The summed E-state index contributed by atoms with van der Waals surface area (Å²) in [6.07, 6.45) is 1.57. The van der Waals surface area contributed by atoms with E-state index in [0.29, 0.717) is 22.6 Å². The number of hydrogen-bond donors (Lipinski definition) is 1. The van der Waals surface area contributed by atoms with Crippen molar-refractivity contribution in [3.05, 3.63) is 100 Å². The predicted octanol–water partition coefficient (Wildman–Crippen LogP) is 4.68. The highest BCUT2D eigenvalue weighted by Gasteiger charge is 2.11. The highest BCUT2D eigenvalue weighted by atomic mass is 16.6. The highest BCUT2D eigenvalue weighted by Crippen LogP contribution is 2.26. The molecule has 0 unspecified atom stereocenters. The summed E-state index contributed by atoms with van der Waals surface area (Å²) in [5.41, 5.74) is 1.80. The van der Waals surface area contributed by atoms with Crippen molar-refractivity contribution in [3.63, 3.8) is 0 Å². The van der Waals surface area contributed by atoms with Gasteiger partial charge >= 0.3 is 0 Å². The van der Waals surface area contributed by atoms with Crippen molar-refractivity contribution in [3.8, 4) is 11.8 Å². The van der Waals surface area contributed by atoms with Crippen LogP contribution >= 0.6 is 0 Å². The van der Waals surface area contributed by atoms with Crippen molar-refractivity contribution in [1.82, 2.24) is 0 Å². The minimum Gasteiger partial charge on any atom is -0.483 e. The molecule has 7 heteroatoms. The van der Waals surface area contributed by atoms with Gasteiger partial charge in [0, 0.05) is 23.4 Å². The van der Waals surface area contributed by atoms with Gasteiger partial charge in [0.1, 0.15) is 5.75 Å². The fourth-order valence-corrected chi connectivity index (χ4v) is 2.72. The van der Waals surface area contributed by atoms with Crippen LogP contribution in [0.1, 0.15) is 11.1 Å². The molecule has 0 heterocycles. The van der Waals surface area contributed by atoms with E-state index in [9.17, 15) is 20.2 Å². The molecule has 0 fully saturated rings. The maximum atomic E-state index is 12.1. The number of nitriles is 1. The van der Waals surface area contributed by atoms with Gasteiger partial charge in [-0.2, -0.15) is 5.26 Å². The SMILES string of the molecule is N#C/C(=C/c1ccccc1OCC(=O)Nc1ccccc1)c1cccc([N+](=O)[O-])c1. The van der Waals surface area contributed by atoms with Gasteiger partial charge in [0.05, 0.1) is 16.6 Å². The third kappa shape index (κ3) is 5.30. The Morgan fingerprint density at radius 2 is 1.80 bits per heavy atom. The van der Waals surface area contributed by atoms with Gasteiger partial charge in [-0.1, -0.05) is 48.5 Å². The van der Waals surface area contributed by atoms with Gasteiger partial charge in [-0.15, -0.1) is 0 Å². The lowest BCUT2D eigenvalue weighted by atomic mass is 10.0. The Kier molecular flexibility index (Phi) is 6.54. The topological polar surface area (TPSA) is 105 Å². The van der Waals surface area contributed by atoms with Crippen molar-refractivity contribution in [2.24, 2.45) is 0 Å². The summed E-state index contributed by atoms with van der Waals surface area (Å²) in [4.78, 5) is 22.6. The Balaban J connectivity index is 1.78. The van der Waals surface area contributed by atoms with Gasteiger partial charge in [0.15, 0.2) is 6.61 Å². The van der Waals surface area contributed by atoms with Crippen LogP contribution < -0.4 is 10.1 Å². The average molecular weight is 399 g/mol. The van der Waals surface area contributed by atoms with E-state index >= 15 is 0 Å². The van der Waals surface area contributed by atoms with E-state index in [1.165, 1.54) is 18.2 Å². The van der Waals surface area contributed by atoms with E-state index in [1.807, 2.05) is 18.2 Å². The van der Waals surface area contributed by atoms with Gasteiger partial charge in [-0.25, -0.2) is 0 Å². The molecule has 148 valence electrons. The summed E-state index contributed by atoms with van der Waals surface area (Å²) >= 11 is 0. The summed E-state index contributed by atoms with van der Waals surface area (Å²) < 4.78 is 5.64. The van der Waals surface area contributed by atoms with Crippen molar-refractivity contribution >= 4 is 28.9 Å². The molecule has 0 aliphatic heterocycles. The minimum absolute atomic E-state index is 0.101. The van der Waals surface area contributed by atoms with Gasteiger partial charge in [0.25, 0.3) is 11.6 Å². The Hall–Kier alpha value is -4.44. The number of hydrogen-bond acceptors (Lipinski definition) is 5. The normalized spacial score (nSPS) is 10.7. The zero-order valence-corrected chi connectivity index (χ0v) is 15.8. The molecule has 0 spiro atoms. The molecule has 0 aromatic heterocycles. The Morgan fingerprint density at radius 1 is 1.07 bits per heavy atom. The molecule has 0 saturated heterocycles. The number of nitro groups is 1. The number of para-hydroxylation sites is 2.